The molecule has 0 radical (unpaired) electrons. The van der Waals surface area contributed by atoms with Crippen molar-refractivity contribution in [2.75, 3.05) is 33.5 Å². The summed E-state index contributed by atoms with van der Waals surface area (Å²) in [5, 5.41) is 3.68. The molecule has 0 bridgehead atoms. The Labute approximate surface area is 191 Å². The second-order valence-corrected chi connectivity index (χ2v) is 9.62. The van der Waals surface area contributed by atoms with Gasteiger partial charge in [-0.25, -0.2) is 0 Å². The van der Waals surface area contributed by atoms with E-state index in [9.17, 15) is 18.0 Å². The topological polar surface area (TPSA) is 72.9 Å². The van der Waals surface area contributed by atoms with Gasteiger partial charge in [0.2, 0.25) is 5.91 Å². The standard InChI is InChI=1S/C23H30F3N3O4/c1-31-19-13-32-6-3-18(19)28-16-9-20-22(10-16,4-7-33-20)21(30)29-5-2-17-14(12-29)8-15(11-27-17)23(24,25)26/h8,11,16,18-20,28H,2-7,9-10,12-13H2,1H3/t16-,18-,19-,20-,22-/m1/s1. The summed E-state index contributed by atoms with van der Waals surface area (Å²) in [6.45, 7) is 2.37. The summed E-state index contributed by atoms with van der Waals surface area (Å²) in [5.41, 5.74) is -0.281. The summed E-state index contributed by atoms with van der Waals surface area (Å²) in [6, 6.07) is 1.42. The highest BCUT2D eigenvalue weighted by molar-refractivity contribution is 5.84. The first kappa shape index (κ1) is 23.0. The Hall–Kier alpha value is -1.75. The maximum absolute atomic E-state index is 13.8. The van der Waals surface area contributed by atoms with Gasteiger partial charge in [0.25, 0.3) is 0 Å². The van der Waals surface area contributed by atoms with E-state index in [0.29, 0.717) is 56.9 Å². The summed E-state index contributed by atoms with van der Waals surface area (Å²) >= 11 is 0. The van der Waals surface area contributed by atoms with Crippen LogP contribution in [0.25, 0.3) is 0 Å². The largest absolute Gasteiger partial charge is 0.417 e. The zero-order valence-electron chi connectivity index (χ0n) is 18.7. The van der Waals surface area contributed by atoms with E-state index in [1.54, 1.807) is 12.0 Å². The van der Waals surface area contributed by atoms with Crippen LogP contribution in [0.2, 0.25) is 0 Å². The van der Waals surface area contributed by atoms with Gasteiger partial charge in [-0.2, -0.15) is 13.2 Å². The van der Waals surface area contributed by atoms with E-state index in [1.165, 1.54) is 0 Å². The maximum atomic E-state index is 13.8. The molecule has 3 aliphatic heterocycles. The fourth-order valence-corrected chi connectivity index (χ4v) is 5.98. The van der Waals surface area contributed by atoms with Crippen LogP contribution >= 0.6 is 0 Å². The van der Waals surface area contributed by atoms with Crippen LogP contribution in [0.1, 0.15) is 42.5 Å². The molecule has 4 aliphatic rings. The number of carbonyl (C=O) groups is 1. The minimum absolute atomic E-state index is 0.00682. The lowest BCUT2D eigenvalue weighted by molar-refractivity contribution is -0.145. The van der Waals surface area contributed by atoms with Gasteiger partial charge in [-0.15, -0.1) is 0 Å². The smallest absolute Gasteiger partial charge is 0.379 e. The molecule has 1 aliphatic carbocycles. The van der Waals surface area contributed by atoms with Gasteiger partial charge in [0.1, 0.15) is 0 Å². The predicted molar refractivity (Wildman–Crippen MR) is 111 cm³/mol. The van der Waals surface area contributed by atoms with Crippen LogP contribution in [0.4, 0.5) is 13.2 Å². The number of amides is 1. The SMILES string of the molecule is CO[C@@H]1COCC[C@H]1N[C@@H]1C[C@H]2OCC[C@@]2(C(=O)N2CCc3ncc(C(F)(F)F)cc3C2)C1. The quantitative estimate of drug-likeness (QED) is 0.730. The Morgan fingerprint density at radius 3 is 3.00 bits per heavy atom. The monoisotopic (exact) mass is 469 g/mol. The number of aromatic nitrogens is 1. The number of fused-ring (bicyclic) bond motifs is 2. The zero-order valence-corrected chi connectivity index (χ0v) is 18.7. The van der Waals surface area contributed by atoms with Crippen LogP contribution in [0, 0.1) is 5.41 Å². The highest BCUT2D eigenvalue weighted by Gasteiger charge is 2.58. The van der Waals surface area contributed by atoms with E-state index in [1.807, 2.05) is 0 Å². The van der Waals surface area contributed by atoms with Crippen molar-refractivity contribution in [2.24, 2.45) is 5.41 Å². The first-order chi connectivity index (χ1) is 15.8. The van der Waals surface area contributed by atoms with Gasteiger partial charge in [-0.05, 0) is 37.3 Å². The molecule has 10 heteroatoms. The van der Waals surface area contributed by atoms with E-state index in [2.05, 4.69) is 10.3 Å². The molecule has 0 spiro atoms. The number of pyridine rings is 1. The molecule has 2 saturated heterocycles. The number of rotatable bonds is 4. The molecule has 182 valence electrons. The summed E-state index contributed by atoms with van der Waals surface area (Å²) in [7, 11) is 1.68. The van der Waals surface area contributed by atoms with Crippen LogP contribution in [-0.2, 0) is 38.1 Å². The van der Waals surface area contributed by atoms with E-state index in [-0.39, 0.29) is 36.7 Å². The number of carbonyl (C=O) groups excluding carboxylic acids is 1. The Morgan fingerprint density at radius 1 is 1.36 bits per heavy atom. The Morgan fingerprint density at radius 2 is 2.21 bits per heavy atom. The van der Waals surface area contributed by atoms with Gasteiger partial charge < -0.3 is 24.4 Å². The summed E-state index contributed by atoms with van der Waals surface area (Å²) in [6.07, 6.45) is -0.430. The van der Waals surface area contributed by atoms with Crippen LogP contribution < -0.4 is 5.32 Å². The summed E-state index contributed by atoms with van der Waals surface area (Å²) < 4.78 is 56.6. The van der Waals surface area contributed by atoms with Crippen molar-refractivity contribution in [3.05, 3.63) is 29.1 Å². The van der Waals surface area contributed by atoms with E-state index in [0.717, 1.165) is 25.1 Å². The number of ether oxygens (including phenoxy) is 3. The summed E-state index contributed by atoms with van der Waals surface area (Å²) in [4.78, 5) is 19.5. The molecule has 1 aromatic heterocycles. The molecule has 5 rings (SSSR count). The number of alkyl halides is 3. The van der Waals surface area contributed by atoms with Crippen LogP contribution in [0.5, 0.6) is 0 Å². The molecule has 1 N–H and O–H groups in total. The van der Waals surface area contributed by atoms with Crippen molar-refractivity contribution in [2.45, 2.75) is 69.1 Å². The molecule has 3 fully saturated rings. The molecular weight excluding hydrogens is 439 g/mol. The molecule has 0 unspecified atom stereocenters. The highest BCUT2D eigenvalue weighted by Crippen LogP contribution is 2.49. The molecule has 1 saturated carbocycles. The number of hydrogen-bond acceptors (Lipinski definition) is 6. The maximum Gasteiger partial charge on any atom is 0.417 e. The number of nitrogens with one attached hydrogen (secondary N) is 1. The van der Waals surface area contributed by atoms with Gasteiger partial charge in [0.15, 0.2) is 0 Å². The molecule has 1 amide bonds. The van der Waals surface area contributed by atoms with Crippen molar-refractivity contribution in [1.29, 1.82) is 0 Å². The third-order valence-electron chi connectivity index (χ3n) is 7.73. The lowest BCUT2D eigenvalue weighted by Crippen LogP contribution is -2.51. The lowest BCUT2D eigenvalue weighted by Gasteiger charge is -2.37. The van der Waals surface area contributed by atoms with Crippen molar-refractivity contribution >= 4 is 5.91 Å². The molecule has 7 nitrogen and oxygen atoms in total. The molecule has 33 heavy (non-hydrogen) atoms. The average molecular weight is 470 g/mol. The zero-order chi connectivity index (χ0) is 23.2. The average Bonchev–Trinajstić information content (AvgIpc) is 3.35. The predicted octanol–water partition coefficient (Wildman–Crippen LogP) is 2.32. The Kier molecular flexibility index (Phi) is 6.13. The molecule has 4 heterocycles. The first-order valence-electron chi connectivity index (χ1n) is 11.6. The second kappa shape index (κ2) is 8.79. The third kappa shape index (κ3) is 4.26. The number of hydrogen-bond donors (Lipinski definition) is 1. The molecule has 5 atom stereocenters. The Bertz CT molecular complexity index is 898. The number of halogens is 3. The van der Waals surface area contributed by atoms with E-state index in [4.69, 9.17) is 14.2 Å². The van der Waals surface area contributed by atoms with Crippen molar-refractivity contribution in [1.82, 2.24) is 15.2 Å². The van der Waals surface area contributed by atoms with Gasteiger partial charge in [-0.1, -0.05) is 0 Å². The van der Waals surface area contributed by atoms with Gasteiger partial charge in [0.05, 0.1) is 29.8 Å². The number of nitrogens with zero attached hydrogens (tertiary/aromatic N) is 2. The third-order valence-corrected chi connectivity index (χ3v) is 7.73. The van der Waals surface area contributed by atoms with Crippen LogP contribution in [0.3, 0.4) is 0 Å². The first-order valence-corrected chi connectivity index (χ1v) is 11.6. The van der Waals surface area contributed by atoms with Crippen molar-refractivity contribution < 1.29 is 32.2 Å². The van der Waals surface area contributed by atoms with Gasteiger partial charge in [0, 0.05) is 63.8 Å². The normalized spacial score (nSPS) is 34.2. The minimum Gasteiger partial charge on any atom is -0.379 e. The lowest BCUT2D eigenvalue weighted by atomic mass is 9.80. The molecule has 1 aromatic rings. The van der Waals surface area contributed by atoms with Gasteiger partial charge >= 0.3 is 6.18 Å². The number of methoxy groups -OCH3 is 1. The second-order valence-electron chi connectivity index (χ2n) is 9.62. The molecule has 0 aromatic carbocycles. The van der Waals surface area contributed by atoms with Crippen LogP contribution in [-0.4, -0.2) is 73.6 Å². The molecular formula is C23H30F3N3O4. The van der Waals surface area contributed by atoms with E-state index >= 15 is 0 Å². The van der Waals surface area contributed by atoms with E-state index < -0.39 is 17.2 Å². The van der Waals surface area contributed by atoms with Gasteiger partial charge in [-0.3, -0.25) is 9.78 Å². The summed E-state index contributed by atoms with van der Waals surface area (Å²) in [5.74, 6) is -0.00682. The fraction of sp³-hybridized carbons (Fsp3) is 0.739. The minimum atomic E-state index is -4.45. The van der Waals surface area contributed by atoms with Crippen LogP contribution in [0.15, 0.2) is 12.3 Å². The fourth-order valence-electron chi connectivity index (χ4n) is 5.98. The van der Waals surface area contributed by atoms with Crippen molar-refractivity contribution in [3.63, 3.8) is 0 Å². The Balaban J connectivity index is 1.31. The van der Waals surface area contributed by atoms with Crippen molar-refractivity contribution in [3.8, 4) is 0 Å². The highest BCUT2D eigenvalue weighted by atomic mass is 19.4.